The van der Waals surface area contributed by atoms with Crippen LogP contribution in [-0.2, 0) is 17.8 Å². The molecule has 1 N–H and O–H groups in total. The molecule has 0 fully saturated rings. The number of para-hydroxylation sites is 1. The number of hydrogen-bond donors (Lipinski definition) is 1. The molecule has 0 aliphatic carbocycles. The standard InChI is InChI=1S/C26H25N3O2/c1-2-31-23-14-12-20(13-15-23)16-26(30)28-27-17-22-19-29(18-21-8-4-3-5-9-21)25-11-7-6-10-24(22)25/h3-15,17,19H,2,16,18H2,1H3,(H,28,30)/b27-17-. The highest BCUT2D eigenvalue weighted by Crippen LogP contribution is 2.21. The number of rotatable bonds is 8. The summed E-state index contributed by atoms with van der Waals surface area (Å²) in [6.45, 7) is 3.34. The summed E-state index contributed by atoms with van der Waals surface area (Å²) < 4.78 is 7.63. The van der Waals surface area contributed by atoms with Crippen LogP contribution in [0.4, 0.5) is 0 Å². The monoisotopic (exact) mass is 411 g/mol. The average Bonchev–Trinajstić information content (AvgIpc) is 3.13. The van der Waals surface area contributed by atoms with Crippen molar-refractivity contribution in [2.75, 3.05) is 6.61 Å². The molecule has 5 nitrogen and oxygen atoms in total. The van der Waals surface area contributed by atoms with Crippen LogP contribution >= 0.6 is 0 Å². The van der Waals surface area contributed by atoms with Gasteiger partial charge in [-0.25, -0.2) is 5.43 Å². The number of nitrogens with zero attached hydrogens (tertiary/aromatic N) is 2. The molecule has 0 aliphatic heterocycles. The highest BCUT2D eigenvalue weighted by Gasteiger charge is 2.08. The highest BCUT2D eigenvalue weighted by molar-refractivity contribution is 5.99. The zero-order chi connectivity index (χ0) is 21.5. The van der Waals surface area contributed by atoms with Gasteiger partial charge in [0.15, 0.2) is 0 Å². The van der Waals surface area contributed by atoms with Crippen LogP contribution < -0.4 is 10.2 Å². The maximum atomic E-state index is 12.3. The smallest absolute Gasteiger partial charge is 0.244 e. The number of hydrazone groups is 1. The number of nitrogens with one attached hydrogen (secondary N) is 1. The molecule has 3 aromatic carbocycles. The molecule has 1 heterocycles. The molecule has 1 aromatic heterocycles. The van der Waals surface area contributed by atoms with Gasteiger partial charge in [0.1, 0.15) is 5.75 Å². The Balaban J connectivity index is 1.43. The van der Waals surface area contributed by atoms with Gasteiger partial charge in [0.25, 0.3) is 0 Å². The van der Waals surface area contributed by atoms with Crippen molar-refractivity contribution in [3.8, 4) is 5.75 Å². The van der Waals surface area contributed by atoms with Gasteiger partial charge >= 0.3 is 0 Å². The lowest BCUT2D eigenvalue weighted by molar-refractivity contribution is -0.120. The first kappa shape index (κ1) is 20.4. The molecule has 31 heavy (non-hydrogen) atoms. The van der Waals surface area contributed by atoms with Crippen molar-refractivity contribution in [3.63, 3.8) is 0 Å². The van der Waals surface area contributed by atoms with Gasteiger partial charge in [0.2, 0.25) is 5.91 Å². The molecule has 0 atom stereocenters. The summed E-state index contributed by atoms with van der Waals surface area (Å²) in [5, 5.41) is 5.29. The van der Waals surface area contributed by atoms with Crippen molar-refractivity contribution in [1.82, 2.24) is 9.99 Å². The average molecular weight is 412 g/mol. The fourth-order valence-corrected chi connectivity index (χ4v) is 3.56. The second kappa shape index (κ2) is 9.76. The molecule has 0 spiro atoms. The van der Waals surface area contributed by atoms with Gasteiger partial charge in [-0.1, -0.05) is 60.7 Å². The minimum Gasteiger partial charge on any atom is -0.494 e. The molecule has 0 saturated heterocycles. The fourth-order valence-electron chi connectivity index (χ4n) is 3.56. The van der Waals surface area contributed by atoms with E-state index in [1.54, 1.807) is 6.21 Å². The third-order valence-electron chi connectivity index (χ3n) is 5.01. The van der Waals surface area contributed by atoms with E-state index in [2.05, 4.69) is 45.6 Å². The lowest BCUT2D eigenvalue weighted by Gasteiger charge is -2.05. The van der Waals surface area contributed by atoms with Gasteiger partial charge in [0.05, 0.1) is 19.2 Å². The zero-order valence-electron chi connectivity index (χ0n) is 17.5. The van der Waals surface area contributed by atoms with Crippen LogP contribution in [0, 0.1) is 0 Å². The summed E-state index contributed by atoms with van der Waals surface area (Å²) in [5.74, 6) is 0.644. The normalized spacial score (nSPS) is 11.1. The van der Waals surface area contributed by atoms with Gasteiger partial charge in [-0.15, -0.1) is 0 Å². The molecule has 0 saturated carbocycles. The fraction of sp³-hybridized carbons (Fsp3) is 0.154. The van der Waals surface area contributed by atoms with Gasteiger partial charge in [-0.05, 0) is 36.2 Å². The van der Waals surface area contributed by atoms with Crippen LogP contribution in [0.15, 0.2) is 90.2 Å². The molecular formula is C26H25N3O2. The quantitative estimate of drug-likeness (QED) is 0.335. The van der Waals surface area contributed by atoms with Crippen LogP contribution in [0.25, 0.3) is 10.9 Å². The molecule has 0 unspecified atom stereocenters. The Morgan fingerprint density at radius 3 is 2.48 bits per heavy atom. The van der Waals surface area contributed by atoms with Gasteiger partial charge in [-0.2, -0.15) is 5.10 Å². The molecular weight excluding hydrogens is 386 g/mol. The third kappa shape index (κ3) is 5.20. The molecule has 1 amide bonds. The minimum absolute atomic E-state index is 0.159. The first-order valence-corrected chi connectivity index (χ1v) is 10.4. The van der Waals surface area contributed by atoms with Crippen molar-refractivity contribution in [2.45, 2.75) is 19.9 Å². The Morgan fingerprint density at radius 1 is 0.968 bits per heavy atom. The molecule has 5 heteroatoms. The van der Waals surface area contributed by atoms with Crippen molar-refractivity contribution in [1.29, 1.82) is 0 Å². The summed E-state index contributed by atoms with van der Waals surface area (Å²) in [5.41, 5.74) is 6.88. The number of aromatic nitrogens is 1. The van der Waals surface area contributed by atoms with Gasteiger partial charge in [0, 0.05) is 29.2 Å². The summed E-state index contributed by atoms with van der Waals surface area (Å²) in [7, 11) is 0. The number of amides is 1. The topological polar surface area (TPSA) is 55.6 Å². The summed E-state index contributed by atoms with van der Waals surface area (Å²) in [6.07, 6.45) is 4.04. The predicted molar refractivity (Wildman–Crippen MR) is 125 cm³/mol. The SMILES string of the molecule is CCOc1ccc(CC(=O)N/N=C\c2cn(Cc3ccccc3)c3ccccc23)cc1. The van der Waals surface area contributed by atoms with E-state index >= 15 is 0 Å². The Kier molecular flexibility index (Phi) is 6.43. The Morgan fingerprint density at radius 2 is 1.71 bits per heavy atom. The molecule has 4 aromatic rings. The van der Waals surface area contributed by atoms with E-state index in [0.29, 0.717) is 6.61 Å². The van der Waals surface area contributed by atoms with E-state index in [0.717, 1.165) is 34.3 Å². The predicted octanol–water partition coefficient (Wildman–Crippen LogP) is 4.78. The minimum atomic E-state index is -0.159. The molecule has 0 aliphatic rings. The number of hydrogen-bond acceptors (Lipinski definition) is 3. The molecule has 0 radical (unpaired) electrons. The Hall–Kier alpha value is -3.86. The summed E-state index contributed by atoms with van der Waals surface area (Å²) >= 11 is 0. The van der Waals surface area contributed by atoms with Crippen molar-refractivity contribution in [2.24, 2.45) is 5.10 Å². The van der Waals surface area contributed by atoms with Crippen LogP contribution in [0.3, 0.4) is 0 Å². The number of fused-ring (bicyclic) bond motifs is 1. The van der Waals surface area contributed by atoms with Crippen LogP contribution in [-0.4, -0.2) is 23.3 Å². The second-order valence-electron chi connectivity index (χ2n) is 7.26. The highest BCUT2D eigenvalue weighted by atomic mass is 16.5. The van der Waals surface area contributed by atoms with E-state index in [4.69, 9.17) is 4.74 Å². The van der Waals surface area contributed by atoms with E-state index < -0.39 is 0 Å². The van der Waals surface area contributed by atoms with E-state index in [1.807, 2.05) is 61.5 Å². The number of carbonyl (C=O) groups excluding carboxylic acids is 1. The third-order valence-corrected chi connectivity index (χ3v) is 5.01. The van der Waals surface area contributed by atoms with Crippen LogP contribution in [0.1, 0.15) is 23.6 Å². The molecule has 4 rings (SSSR count). The number of ether oxygens (including phenoxy) is 1. The number of carbonyl (C=O) groups is 1. The van der Waals surface area contributed by atoms with Crippen molar-refractivity contribution in [3.05, 3.63) is 102 Å². The lowest BCUT2D eigenvalue weighted by Crippen LogP contribution is -2.19. The van der Waals surface area contributed by atoms with E-state index in [-0.39, 0.29) is 12.3 Å². The van der Waals surface area contributed by atoms with Crippen LogP contribution in [0.2, 0.25) is 0 Å². The van der Waals surface area contributed by atoms with Crippen LogP contribution in [0.5, 0.6) is 5.75 Å². The zero-order valence-corrected chi connectivity index (χ0v) is 17.5. The number of benzene rings is 3. The van der Waals surface area contributed by atoms with E-state index in [9.17, 15) is 4.79 Å². The Labute approximate surface area is 182 Å². The van der Waals surface area contributed by atoms with E-state index in [1.165, 1.54) is 5.56 Å². The Bertz CT molecular complexity index is 1180. The largest absolute Gasteiger partial charge is 0.494 e. The maximum Gasteiger partial charge on any atom is 0.244 e. The summed E-state index contributed by atoms with van der Waals surface area (Å²) in [6, 6.07) is 26.1. The molecule has 0 bridgehead atoms. The first-order valence-electron chi connectivity index (χ1n) is 10.4. The summed E-state index contributed by atoms with van der Waals surface area (Å²) in [4.78, 5) is 12.3. The maximum absolute atomic E-state index is 12.3. The first-order chi connectivity index (χ1) is 15.2. The lowest BCUT2D eigenvalue weighted by atomic mass is 10.1. The van der Waals surface area contributed by atoms with Crippen molar-refractivity contribution >= 4 is 23.0 Å². The second-order valence-corrected chi connectivity index (χ2v) is 7.26. The molecule has 156 valence electrons. The van der Waals surface area contributed by atoms with Gasteiger partial charge < -0.3 is 9.30 Å². The van der Waals surface area contributed by atoms with Gasteiger partial charge in [-0.3, -0.25) is 4.79 Å². The van der Waals surface area contributed by atoms with Crippen molar-refractivity contribution < 1.29 is 9.53 Å².